The minimum Gasteiger partial charge on any atom is -0.480 e. The van der Waals surface area contributed by atoms with Crippen LogP contribution in [0.25, 0.3) is 0 Å². The number of aromatic nitrogens is 1. The molecule has 1 aromatic rings. The molecule has 0 aliphatic carbocycles. The molecule has 1 aromatic heterocycles. The second-order valence-corrected chi connectivity index (χ2v) is 3.75. The van der Waals surface area contributed by atoms with Crippen LogP contribution in [0, 0.1) is 0 Å². The highest BCUT2D eigenvalue weighted by molar-refractivity contribution is 5.77. The first-order valence-corrected chi connectivity index (χ1v) is 4.27. The number of aliphatic carboxylic acids is 1. The van der Waals surface area contributed by atoms with E-state index in [1.54, 1.807) is 32.0 Å². The van der Waals surface area contributed by atoms with E-state index in [9.17, 15) is 4.79 Å². The van der Waals surface area contributed by atoms with E-state index in [4.69, 9.17) is 5.11 Å². The molecule has 0 amide bonds. The van der Waals surface area contributed by atoms with E-state index in [-0.39, 0.29) is 0 Å². The Kier molecular flexibility index (Phi) is 2.90. The van der Waals surface area contributed by atoms with Gasteiger partial charge in [-0.05, 0) is 20.9 Å². The van der Waals surface area contributed by atoms with Crippen LogP contribution in [0.1, 0.15) is 19.4 Å². The summed E-state index contributed by atoms with van der Waals surface area (Å²) in [5.41, 5.74) is -0.0288. The highest BCUT2D eigenvalue weighted by Crippen LogP contribution is 2.15. The number of nitrogens with zero attached hydrogens (tertiary/aromatic N) is 2. The third-order valence-electron chi connectivity index (χ3n) is 2.38. The summed E-state index contributed by atoms with van der Waals surface area (Å²) in [7, 11) is 1.75. The second kappa shape index (κ2) is 3.79. The maximum absolute atomic E-state index is 10.9. The van der Waals surface area contributed by atoms with E-state index in [2.05, 4.69) is 9.68 Å². The number of likely N-dealkylation sites (N-methyl/N-ethyl adjacent to an activating group) is 1. The predicted octanol–water partition coefficient (Wildman–Crippen LogP) is 0.970. The summed E-state index contributed by atoms with van der Waals surface area (Å²) in [6, 6.07) is 0. The van der Waals surface area contributed by atoms with Crippen LogP contribution in [0.4, 0.5) is 0 Å². The Balaban J connectivity index is 2.67. The first-order chi connectivity index (χ1) is 6.44. The Morgan fingerprint density at radius 1 is 1.71 bits per heavy atom. The highest BCUT2D eigenvalue weighted by atomic mass is 16.5. The Morgan fingerprint density at radius 3 is 2.79 bits per heavy atom. The minimum atomic E-state index is -0.892. The average Bonchev–Trinajstić information content (AvgIpc) is 2.56. The Morgan fingerprint density at radius 2 is 2.36 bits per heavy atom. The molecular formula is C9H14N2O3. The van der Waals surface area contributed by atoms with Crippen molar-refractivity contribution in [2.75, 3.05) is 7.05 Å². The third kappa shape index (κ3) is 2.11. The number of carbonyl (C=O) groups is 1. The van der Waals surface area contributed by atoms with Crippen LogP contribution in [0.15, 0.2) is 17.0 Å². The molecule has 1 rings (SSSR count). The van der Waals surface area contributed by atoms with Crippen LogP contribution in [-0.4, -0.2) is 33.7 Å². The van der Waals surface area contributed by atoms with Gasteiger partial charge in [-0.1, -0.05) is 5.16 Å². The SMILES string of the molecule is CN(Cc1cnoc1)C(C)(C)C(=O)O. The molecule has 0 aromatic carbocycles. The molecule has 0 unspecified atom stereocenters. The number of hydrogen-bond acceptors (Lipinski definition) is 4. The van der Waals surface area contributed by atoms with Gasteiger partial charge in [0.05, 0.1) is 6.20 Å². The summed E-state index contributed by atoms with van der Waals surface area (Å²) in [6.07, 6.45) is 3.09. The molecule has 0 aliphatic rings. The fraction of sp³-hybridized carbons (Fsp3) is 0.556. The smallest absolute Gasteiger partial charge is 0.323 e. The fourth-order valence-electron chi connectivity index (χ4n) is 0.940. The van der Waals surface area contributed by atoms with Crippen LogP contribution in [-0.2, 0) is 11.3 Å². The van der Waals surface area contributed by atoms with Crippen molar-refractivity contribution in [1.29, 1.82) is 0 Å². The summed E-state index contributed by atoms with van der Waals surface area (Å²) in [5.74, 6) is -0.851. The number of hydrogen-bond donors (Lipinski definition) is 1. The standard InChI is InChI=1S/C9H14N2O3/c1-9(2,8(12)13)11(3)5-7-4-10-14-6-7/h4,6H,5H2,1-3H3,(H,12,13). The first-order valence-electron chi connectivity index (χ1n) is 4.27. The van der Waals surface area contributed by atoms with Gasteiger partial charge in [0.1, 0.15) is 11.8 Å². The van der Waals surface area contributed by atoms with E-state index < -0.39 is 11.5 Å². The Labute approximate surface area is 82.3 Å². The molecule has 0 fully saturated rings. The summed E-state index contributed by atoms with van der Waals surface area (Å²) in [4.78, 5) is 12.6. The fourth-order valence-corrected chi connectivity index (χ4v) is 0.940. The Hall–Kier alpha value is -1.36. The van der Waals surface area contributed by atoms with E-state index in [0.717, 1.165) is 5.56 Å². The van der Waals surface area contributed by atoms with E-state index >= 15 is 0 Å². The average molecular weight is 198 g/mol. The van der Waals surface area contributed by atoms with Crippen LogP contribution >= 0.6 is 0 Å². The normalized spacial score (nSPS) is 12.0. The maximum Gasteiger partial charge on any atom is 0.323 e. The summed E-state index contributed by atoms with van der Waals surface area (Å²) in [5, 5.41) is 12.5. The first kappa shape index (κ1) is 10.7. The lowest BCUT2D eigenvalue weighted by Crippen LogP contribution is -2.47. The van der Waals surface area contributed by atoms with Crippen molar-refractivity contribution in [3.05, 3.63) is 18.0 Å². The monoisotopic (exact) mass is 198 g/mol. The quantitative estimate of drug-likeness (QED) is 0.780. The molecule has 14 heavy (non-hydrogen) atoms. The van der Waals surface area contributed by atoms with Gasteiger partial charge in [0.25, 0.3) is 0 Å². The summed E-state index contributed by atoms with van der Waals surface area (Å²) in [6.45, 7) is 3.81. The molecular weight excluding hydrogens is 184 g/mol. The van der Waals surface area contributed by atoms with Crippen LogP contribution in [0.5, 0.6) is 0 Å². The van der Waals surface area contributed by atoms with Gasteiger partial charge in [0, 0.05) is 12.1 Å². The van der Waals surface area contributed by atoms with Crippen LogP contribution in [0.3, 0.4) is 0 Å². The predicted molar refractivity (Wildman–Crippen MR) is 49.7 cm³/mol. The Bertz CT molecular complexity index is 306. The van der Waals surface area contributed by atoms with Gasteiger partial charge in [-0.15, -0.1) is 0 Å². The minimum absolute atomic E-state index is 0.503. The number of rotatable bonds is 4. The van der Waals surface area contributed by atoms with Gasteiger partial charge in [0.15, 0.2) is 0 Å². The molecule has 1 heterocycles. The molecule has 0 saturated heterocycles. The number of carboxylic acid groups (broad SMARTS) is 1. The van der Waals surface area contributed by atoms with Crippen molar-refractivity contribution in [3.63, 3.8) is 0 Å². The van der Waals surface area contributed by atoms with Crippen molar-refractivity contribution >= 4 is 5.97 Å². The lowest BCUT2D eigenvalue weighted by molar-refractivity contribution is -0.148. The summed E-state index contributed by atoms with van der Waals surface area (Å²) < 4.78 is 4.66. The van der Waals surface area contributed by atoms with E-state index in [1.165, 1.54) is 6.26 Å². The van der Waals surface area contributed by atoms with Gasteiger partial charge in [0.2, 0.25) is 0 Å². The van der Waals surface area contributed by atoms with Gasteiger partial charge in [-0.25, -0.2) is 0 Å². The van der Waals surface area contributed by atoms with Crippen LogP contribution < -0.4 is 0 Å². The molecule has 0 radical (unpaired) electrons. The van der Waals surface area contributed by atoms with Crippen molar-refractivity contribution in [2.24, 2.45) is 0 Å². The molecule has 1 N–H and O–H groups in total. The maximum atomic E-state index is 10.9. The van der Waals surface area contributed by atoms with Crippen molar-refractivity contribution in [1.82, 2.24) is 10.1 Å². The zero-order chi connectivity index (χ0) is 10.8. The van der Waals surface area contributed by atoms with Gasteiger partial charge < -0.3 is 9.63 Å². The molecule has 5 heteroatoms. The highest BCUT2D eigenvalue weighted by Gasteiger charge is 2.31. The van der Waals surface area contributed by atoms with Gasteiger partial charge in [-0.3, -0.25) is 9.69 Å². The molecule has 0 atom stereocenters. The molecule has 0 spiro atoms. The van der Waals surface area contributed by atoms with E-state index in [0.29, 0.717) is 6.54 Å². The summed E-state index contributed by atoms with van der Waals surface area (Å²) >= 11 is 0. The van der Waals surface area contributed by atoms with Crippen LogP contribution in [0.2, 0.25) is 0 Å². The zero-order valence-corrected chi connectivity index (χ0v) is 8.52. The third-order valence-corrected chi connectivity index (χ3v) is 2.38. The largest absolute Gasteiger partial charge is 0.480 e. The molecule has 78 valence electrons. The van der Waals surface area contributed by atoms with Crippen molar-refractivity contribution in [3.8, 4) is 0 Å². The second-order valence-electron chi connectivity index (χ2n) is 3.75. The molecule has 0 saturated carbocycles. The lowest BCUT2D eigenvalue weighted by atomic mass is 10.0. The molecule has 5 nitrogen and oxygen atoms in total. The topological polar surface area (TPSA) is 66.6 Å². The van der Waals surface area contributed by atoms with Gasteiger partial charge in [-0.2, -0.15) is 0 Å². The van der Waals surface area contributed by atoms with Crippen molar-refractivity contribution in [2.45, 2.75) is 25.9 Å². The number of carboxylic acids is 1. The van der Waals surface area contributed by atoms with Crippen molar-refractivity contribution < 1.29 is 14.4 Å². The molecule has 0 aliphatic heterocycles. The lowest BCUT2D eigenvalue weighted by Gasteiger charge is -2.30. The zero-order valence-electron chi connectivity index (χ0n) is 8.52. The van der Waals surface area contributed by atoms with Gasteiger partial charge >= 0.3 is 5.97 Å². The van der Waals surface area contributed by atoms with E-state index in [1.807, 2.05) is 0 Å². The molecule has 0 bridgehead atoms.